The molecule has 0 heterocycles. The number of sulfone groups is 1. The minimum absolute atomic E-state index is 0.139. The molecule has 0 bridgehead atoms. The molecule has 6 N–H and O–H groups in total. The van der Waals surface area contributed by atoms with Crippen LogP contribution in [0.2, 0.25) is 0 Å². The van der Waals surface area contributed by atoms with Gasteiger partial charge in [0.05, 0.1) is 22.5 Å². The van der Waals surface area contributed by atoms with Crippen molar-refractivity contribution in [3.8, 4) is 11.5 Å². The van der Waals surface area contributed by atoms with Gasteiger partial charge in [-0.3, -0.25) is 10.2 Å². The smallest absolute Gasteiger partial charge is 0.241 e. The number of unbranched alkanes of at least 4 members (excludes halogenated alkanes) is 1. The van der Waals surface area contributed by atoms with Crippen molar-refractivity contribution in [2.24, 2.45) is 17.4 Å². The molecule has 1 unspecified atom stereocenters. The Kier molecular flexibility index (Phi) is 7.87. The summed E-state index contributed by atoms with van der Waals surface area (Å²) < 4.78 is 30.4. The van der Waals surface area contributed by atoms with Gasteiger partial charge in [0.1, 0.15) is 11.5 Å². The maximum absolute atomic E-state index is 12.3. The van der Waals surface area contributed by atoms with E-state index in [-0.39, 0.29) is 17.5 Å². The van der Waals surface area contributed by atoms with Crippen LogP contribution in [-0.4, -0.2) is 32.0 Å². The second kappa shape index (κ2) is 10.6. The van der Waals surface area contributed by atoms with Gasteiger partial charge in [-0.2, -0.15) is 0 Å². The maximum Gasteiger partial charge on any atom is 0.241 e. The molecule has 0 radical (unpaired) electrons. The lowest BCUT2D eigenvalue weighted by molar-refractivity contribution is -0.117. The first kappa shape index (κ1) is 23.7. The van der Waals surface area contributed by atoms with E-state index in [1.807, 2.05) is 0 Å². The van der Waals surface area contributed by atoms with Crippen LogP contribution in [0.5, 0.6) is 11.5 Å². The van der Waals surface area contributed by atoms with E-state index in [0.717, 1.165) is 25.7 Å². The summed E-state index contributed by atoms with van der Waals surface area (Å²) >= 11 is 0. The van der Waals surface area contributed by atoms with Crippen LogP contribution in [0.4, 0.5) is 5.69 Å². The van der Waals surface area contributed by atoms with Crippen LogP contribution >= 0.6 is 0 Å². The lowest BCUT2D eigenvalue weighted by Crippen LogP contribution is -2.35. The highest BCUT2D eigenvalue weighted by molar-refractivity contribution is 7.91. The first-order valence-electron chi connectivity index (χ1n) is 10.7. The normalized spacial score (nSPS) is 14.5. The molecule has 9 heteroatoms. The van der Waals surface area contributed by atoms with Gasteiger partial charge in [-0.05, 0) is 80.1 Å². The van der Waals surface area contributed by atoms with Crippen molar-refractivity contribution in [3.05, 3.63) is 48.5 Å². The second-order valence-corrected chi connectivity index (χ2v) is 10.2. The Morgan fingerprint density at radius 2 is 1.66 bits per heavy atom. The predicted molar refractivity (Wildman–Crippen MR) is 125 cm³/mol. The minimum atomic E-state index is -3.24. The summed E-state index contributed by atoms with van der Waals surface area (Å²) in [5.41, 5.74) is 11.8. The van der Waals surface area contributed by atoms with Crippen molar-refractivity contribution in [2.45, 2.75) is 49.5 Å². The SMILES string of the molecule is N=C(N)CCCCC(N)C(=O)Nc1ccc(Oc2ccc(S(=O)(=O)CC3CC3)cc2)cc1. The summed E-state index contributed by atoms with van der Waals surface area (Å²) in [6.07, 6.45) is 4.47. The molecule has 0 aromatic heterocycles. The van der Waals surface area contributed by atoms with Crippen molar-refractivity contribution in [1.29, 1.82) is 5.41 Å². The van der Waals surface area contributed by atoms with Crippen LogP contribution in [0.15, 0.2) is 53.4 Å². The standard InChI is InChI=1S/C23H30N4O4S/c24-21(3-1-2-4-22(25)26)23(28)27-17-7-9-18(10-8-17)31-19-11-13-20(14-12-19)32(29,30)15-16-5-6-16/h7-14,16,21H,1-6,15,24H2,(H3,25,26)(H,27,28). The van der Waals surface area contributed by atoms with E-state index in [9.17, 15) is 13.2 Å². The van der Waals surface area contributed by atoms with Crippen molar-refractivity contribution >= 4 is 27.3 Å². The third-order valence-electron chi connectivity index (χ3n) is 5.24. The van der Waals surface area contributed by atoms with E-state index in [1.165, 1.54) is 0 Å². The van der Waals surface area contributed by atoms with Crippen molar-refractivity contribution < 1.29 is 17.9 Å². The second-order valence-electron chi connectivity index (χ2n) is 8.19. The summed E-state index contributed by atoms with van der Waals surface area (Å²) in [6, 6.07) is 12.6. The van der Waals surface area contributed by atoms with Gasteiger partial charge >= 0.3 is 0 Å². The highest BCUT2D eigenvalue weighted by atomic mass is 32.2. The Morgan fingerprint density at radius 1 is 1.06 bits per heavy atom. The Bertz CT molecular complexity index is 1030. The Balaban J connectivity index is 1.49. The molecule has 1 saturated carbocycles. The van der Waals surface area contributed by atoms with Crippen LogP contribution in [-0.2, 0) is 14.6 Å². The van der Waals surface area contributed by atoms with Crippen molar-refractivity contribution in [3.63, 3.8) is 0 Å². The summed E-state index contributed by atoms with van der Waals surface area (Å²) in [4.78, 5) is 12.5. The molecule has 1 fully saturated rings. The molecular weight excluding hydrogens is 428 g/mol. The Labute approximate surface area is 188 Å². The van der Waals surface area contributed by atoms with Crippen molar-refractivity contribution in [1.82, 2.24) is 0 Å². The van der Waals surface area contributed by atoms with Gasteiger partial charge in [-0.25, -0.2) is 8.42 Å². The quantitative estimate of drug-likeness (QED) is 0.217. The zero-order valence-corrected chi connectivity index (χ0v) is 18.7. The monoisotopic (exact) mass is 458 g/mol. The van der Waals surface area contributed by atoms with Crippen LogP contribution in [0, 0.1) is 11.3 Å². The minimum Gasteiger partial charge on any atom is -0.457 e. The molecule has 172 valence electrons. The number of nitrogens with one attached hydrogen (secondary N) is 2. The van der Waals surface area contributed by atoms with E-state index in [1.54, 1.807) is 48.5 Å². The van der Waals surface area contributed by atoms with E-state index in [4.69, 9.17) is 21.6 Å². The van der Waals surface area contributed by atoms with E-state index < -0.39 is 15.9 Å². The largest absolute Gasteiger partial charge is 0.457 e. The van der Waals surface area contributed by atoms with Crippen molar-refractivity contribution in [2.75, 3.05) is 11.1 Å². The molecule has 3 rings (SSSR count). The number of rotatable bonds is 12. The van der Waals surface area contributed by atoms with Gasteiger partial charge in [-0.15, -0.1) is 0 Å². The highest BCUT2D eigenvalue weighted by Crippen LogP contribution is 2.33. The first-order valence-corrected chi connectivity index (χ1v) is 12.4. The molecule has 2 aromatic carbocycles. The summed E-state index contributed by atoms with van der Waals surface area (Å²) in [5, 5.41) is 9.97. The number of hydrogen-bond donors (Lipinski definition) is 4. The van der Waals surface area contributed by atoms with Crippen LogP contribution in [0.1, 0.15) is 38.5 Å². The first-order chi connectivity index (χ1) is 15.2. The zero-order chi connectivity index (χ0) is 23.1. The number of anilines is 1. The number of nitrogens with two attached hydrogens (primary N) is 2. The molecule has 0 spiro atoms. The van der Waals surface area contributed by atoms with E-state index in [2.05, 4.69) is 5.32 Å². The number of amidine groups is 1. The van der Waals surface area contributed by atoms with Gasteiger partial charge in [0.2, 0.25) is 5.91 Å². The van der Waals surface area contributed by atoms with Crippen LogP contribution in [0.25, 0.3) is 0 Å². The van der Waals surface area contributed by atoms with Gasteiger partial charge in [0.25, 0.3) is 0 Å². The summed E-state index contributed by atoms with van der Waals surface area (Å²) in [6.45, 7) is 0. The fraction of sp³-hybridized carbons (Fsp3) is 0.391. The summed E-state index contributed by atoms with van der Waals surface area (Å²) in [5.74, 6) is 1.47. The molecule has 0 saturated heterocycles. The molecule has 0 aliphatic heterocycles. The molecule has 32 heavy (non-hydrogen) atoms. The van der Waals surface area contributed by atoms with Gasteiger partial charge in [-0.1, -0.05) is 6.42 Å². The molecule has 2 aromatic rings. The highest BCUT2D eigenvalue weighted by Gasteiger charge is 2.29. The van der Waals surface area contributed by atoms with Gasteiger partial charge in [0.15, 0.2) is 9.84 Å². The maximum atomic E-state index is 12.3. The molecule has 8 nitrogen and oxygen atoms in total. The third kappa shape index (κ3) is 7.35. The lowest BCUT2D eigenvalue weighted by atomic mass is 10.1. The molecular formula is C23H30N4O4S. The number of benzene rings is 2. The lowest BCUT2D eigenvalue weighted by Gasteiger charge is -2.13. The number of amides is 1. The summed E-state index contributed by atoms with van der Waals surface area (Å²) in [7, 11) is -3.24. The predicted octanol–water partition coefficient (Wildman–Crippen LogP) is 3.42. The fourth-order valence-electron chi connectivity index (χ4n) is 3.19. The molecule has 1 aliphatic rings. The van der Waals surface area contributed by atoms with Gasteiger partial charge < -0.3 is 21.5 Å². The zero-order valence-electron chi connectivity index (χ0n) is 17.9. The molecule has 1 amide bonds. The van der Waals surface area contributed by atoms with E-state index in [0.29, 0.717) is 40.8 Å². The topological polar surface area (TPSA) is 148 Å². The number of carbonyl (C=O) groups is 1. The van der Waals surface area contributed by atoms with E-state index >= 15 is 0 Å². The third-order valence-corrected chi connectivity index (χ3v) is 7.14. The average molecular weight is 459 g/mol. The Hall–Kier alpha value is -2.91. The molecule has 1 atom stereocenters. The van der Waals surface area contributed by atoms with Crippen LogP contribution in [0.3, 0.4) is 0 Å². The Morgan fingerprint density at radius 3 is 2.22 bits per heavy atom. The fourth-order valence-corrected chi connectivity index (χ4v) is 4.89. The number of hydrogen-bond acceptors (Lipinski definition) is 6. The van der Waals surface area contributed by atoms with Crippen LogP contribution < -0.4 is 21.5 Å². The van der Waals surface area contributed by atoms with Gasteiger partial charge in [0, 0.05) is 12.1 Å². The average Bonchev–Trinajstić information content (AvgIpc) is 3.56. The number of carbonyl (C=O) groups excluding carboxylic acids is 1. The number of ether oxygens (including phenoxy) is 1. The molecule has 1 aliphatic carbocycles.